The van der Waals surface area contributed by atoms with E-state index in [4.69, 9.17) is 4.74 Å². The Hall–Kier alpha value is -2.82. The van der Waals surface area contributed by atoms with Crippen LogP contribution in [0.15, 0.2) is 53.9 Å². The number of likely N-dealkylation sites (N-methyl/N-ethyl adjacent to an activating group) is 1. The van der Waals surface area contributed by atoms with Gasteiger partial charge in [0, 0.05) is 24.8 Å². The number of nitrogens with one attached hydrogen (secondary N) is 1. The van der Waals surface area contributed by atoms with Gasteiger partial charge in [-0.15, -0.1) is 0 Å². The SMILES string of the molecule is CCC(CCN(C)C1COC1)S(=O)(=O)c1ccc(CNC(=O)c2ccc3nccn3c2)nc1. The van der Waals surface area contributed by atoms with Crippen molar-refractivity contribution < 1.29 is 17.9 Å². The van der Waals surface area contributed by atoms with Crippen LogP contribution >= 0.6 is 0 Å². The molecule has 1 saturated heterocycles. The number of sulfone groups is 1. The minimum absolute atomic E-state index is 0.201. The van der Waals surface area contributed by atoms with E-state index in [1.807, 2.05) is 14.0 Å². The molecule has 0 aromatic carbocycles. The molecule has 3 aromatic rings. The molecule has 4 rings (SSSR count). The summed E-state index contributed by atoms with van der Waals surface area (Å²) in [4.78, 5) is 23.3. The van der Waals surface area contributed by atoms with Crippen LogP contribution in [0, 0.1) is 0 Å². The summed E-state index contributed by atoms with van der Waals surface area (Å²) in [5.41, 5.74) is 1.85. The number of hydrogen-bond donors (Lipinski definition) is 1. The van der Waals surface area contributed by atoms with E-state index in [9.17, 15) is 13.2 Å². The van der Waals surface area contributed by atoms with Crippen LogP contribution in [0.1, 0.15) is 35.8 Å². The molecule has 1 unspecified atom stereocenters. The second-order valence-corrected chi connectivity index (χ2v) is 10.5. The molecule has 176 valence electrons. The largest absolute Gasteiger partial charge is 0.378 e. The average molecular weight is 472 g/mol. The van der Waals surface area contributed by atoms with Crippen molar-refractivity contribution in [2.75, 3.05) is 26.8 Å². The van der Waals surface area contributed by atoms with Gasteiger partial charge in [0.25, 0.3) is 5.91 Å². The zero-order valence-corrected chi connectivity index (χ0v) is 19.7. The molecule has 1 fully saturated rings. The topological polar surface area (TPSA) is 106 Å². The summed E-state index contributed by atoms with van der Waals surface area (Å²) in [6.45, 7) is 4.22. The van der Waals surface area contributed by atoms with E-state index >= 15 is 0 Å². The summed E-state index contributed by atoms with van der Waals surface area (Å²) in [6.07, 6.45) is 7.64. The number of amides is 1. The van der Waals surface area contributed by atoms with Crippen molar-refractivity contribution in [1.82, 2.24) is 24.6 Å². The maximum absolute atomic E-state index is 13.1. The van der Waals surface area contributed by atoms with Gasteiger partial charge in [0.15, 0.2) is 9.84 Å². The van der Waals surface area contributed by atoms with Crippen LogP contribution in [0.4, 0.5) is 0 Å². The fraction of sp³-hybridized carbons (Fsp3) is 0.435. The normalized spacial score (nSPS) is 15.5. The molecule has 1 atom stereocenters. The number of carbonyl (C=O) groups excluding carboxylic acids is 1. The van der Waals surface area contributed by atoms with Gasteiger partial charge in [-0.1, -0.05) is 6.92 Å². The Labute approximate surface area is 193 Å². The fourth-order valence-corrected chi connectivity index (χ4v) is 5.49. The van der Waals surface area contributed by atoms with Crippen molar-refractivity contribution in [3.63, 3.8) is 0 Å². The molecule has 0 spiro atoms. The van der Waals surface area contributed by atoms with E-state index in [1.165, 1.54) is 6.20 Å². The van der Waals surface area contributed by atoms with Crippen molar-refractivity contribution in [2.24, 2.45) is 0 Å². The van der Waals surface area contributed by atoms with Crippen LogP contribution in [-0.2, 0) is 21.1 Å². The first-order valence-corrected chi connectivity index (χ1v) is 12.6. The molecule has 0 bridgehead atoms. The summed E-state index contributed by atoms with van der Waals surface area (Å²) in [5, 5.41) is 2.35. The van der Waals surface area contributed by atoms with Gasteiger partial charge in [0.1, 0.15) is 5.65 Å². The lowest BCUT2D eigenvalue weighted by molar-refractivity contribution is -0.0561. The van der Waals surface area contributed by atoms with Gasteiger partial charge < -0.3 is 14.5 Å². The van der Waals surface area contributed by atoms with Crippen molar-refractivity contribution in [3.05, 3.63) is 60.3 Å². The number of rotatable bonds is 10. The molecule has 1 aliphatic rings. The highest BCUT2D eigenvalue weighted by atomic mass is 32.2. The molecule has 1 amide bonds. The van der Waals surface area contributed by atoms with E-state index in [0.717, 1.165) is 5.65 Å². The average Bonchev–Trinajstić information content (AvgIpc) is 3.24. The summed E-state index contributed by atoms with van der Waals surface area (Å²) in [6, 6.07) is 7.09. The van der Waals surface area contributed by atoms with Crippen LogP contribution in [0.3, 0.4) is 0 Å². The molecule has 0 aliphatic carbocycles. The summed E-state index contributed by atoms with van der Waals surface area (Å²) >= 11 is 0. The maximum Gasteiger partial charge on any atom is 0.253 e. The molecular weight excluding hydrogens is 442 g/mol. The maximum atomic E-state index is 13.1. The number of aromatic nitrogens is 3. The third-order valence-electron chi connectivity index (χ3n) is 6.15. The minimum Gasteiger partial charge on any atom is -0.378 e. The summed E-state index contributed by atoms with van der Waals surface area (Å²) < 4.78 is 33.2. The number of carbonyl (C=O) groups is 1. The lowest BCUT2D eigenvalue weighted by atomic mass is 10.2. The second-order valence-electron chi connectivity index (χ2n) is 8.31. The van der Waals surface area contributed by atoms with Gasteiger partial charge in [0.2, 0.25) is 0 Å². The van der Waals surface area contributed by atoms with E-state index in [-0.39, 0.29) is 17.3 Å². The van der Waals surface area contributed by atoms with Gasteiger partial charge in [-0.3, -0.25) is 14.7 Å². The molecule has 4 heterocycles. The standard InChI is InChI=1S/C23H29N5O4S/c1-3-20(8-10-27(2)19-15-32-16-19)33(30,31)21-6-5-18(25-13-21)12-26-23(29)17-4-7-22-24-9-11-28(22)14-17/h4-7,9,11,13-14,19-20H,3,8,10,12,15-16H2,1-2H3,(H,26,29). The quantitative estimate of drug-likeness (QED) is 0.482. The number of nitrogens with zero attached hydrogens (tertiary/aromatic N) is 4. The zero-order chi connectivity index (χ0) is 23.4. The van der Waals surface area contributed by atoms with Crippen molar-refractivity contribution in [2.45, 2.75) is 42.5 Å². The first kappa shape index (κ1) is 23.3. The number of hydrogen-bond acceptors (Lipinski definition) is 7. The summed E-state index contributed by atoms with van der Waals surface area (Å²) in [5.74, 6) is -0.240. The van der Waals surface area contributed by atoms with Crippen molar-refractivity contribution in [1.29, 1.82) is 0 Å². The van der Waals surface area contributed by atoms with Crippen molar-refractivity contribution in [3.8, 4) is 0 Å². The second kappa shape index (κ2) is 9.98. The highest BCUT2D eigenvalue weighted by molar-refractivity contribution is 7.92. The van der Waals surface area contributed by atoms with E-state index in [2.05, 4.69) is 20.2 Å². The van der Waals surface area contributed by atoms with E-state index in [1.54, 1.807) is 47.3 Å². The van der Waals surface area contributed by atoms with Crippen LogP contribution in [0.25, 0.3) is 5.65 Å². The lowest BCUT2D eigenvalue weighted by Gasteiger charge is -2.35. The van der Waals surface area contributed by atoms with Gasteiger partial charge >= 0.3 is 0 Å². The van der Waals surface area contributed by atoms with E-state index < -0.39 is 15.1 Å². The summed E-state index contributed by atoms with van der Waals surface area (Å²) in [7, 11) is -1.48. The molecule has 1 N–H and O–H groups in total. The van der Waals surface area contributed by atoms with Gasteiger partial charge in [-0.05, 0) is 50.7 Å². The Morgan fingerprint density at radius 1 is 1.27 bits per heavy atom. The number of imidazole rings is 1. The third-order valence-corrected chi connectivity index (χ3v) is 8.49. The number of pyridine rings is 2. The van der Waals surface area contributed by atoms with Crippen molar-refractivity contribution >= 4 is 21.4 Å². The first-order valence-electron chi connectivity index (χ1n) is 11.1. The van der Waals surface area contributed by atoms with Crippen LogP contribution < -0.4 is 5.32 Å². The molecule has 33 heavy (non-hydrogen) atoms. The van der Waals surface area contributed by atoms with Gasteiger partial charge in [-0.25, -0.2) is 13.4 Å². The van der Waals surface area contributed by atoms with Gasteiger partial charge in [0.05, 0.1) is 47.2 Å². The van der Waals surface area contributed by atoms with E-state index in [0.29, 0.717) is 49.9 Å². The monoisotopic (exact) mass is 471 g/mol. The molecular formula is C23H29N5O4S. The Bertz CT molecular complexity index is 1210. The molecule has 1 aliphatic heterocycles. The Morgan fingerprint density at radius 3 is 2.76 bits per heavy atom. The molecule has 0 radical (unpaired) electrons. The highest BCUT2D eigenvalue weighted by Crippen LogP contribution is 2.21. The van der Waals surface area contributed by atoms with Gasteiger partial charge in [-0.2, -0.15) is 0 Å². The molecule has 3 aromatic heterocycles. The predicted molar refractivity (Wildman–Crippen MR) is 124 cm³/mol. The number of fused-ring (bicyclic) bond motifs is 1. The Morgan fingerprint density at radius 2 is 2.09 bits per heavy atom. The van der Waals surface area contributed by atoms with Crippen LogP contribution in [0.2, 0.25) is 0 Å². The Balaban J connectivity index is 1.35. The number of ether oxygens (including phenoxy) is 1. The molecule has 0 saturated carbocycles. The fourth-order valence-electron chi connectivity index (χ4n) is 3.79. The lowest BCUT2D eigenvalue weighted by Crippen LogP contribution is -2.47. The zero-order valence-electron chi connectivity index (χ0n) is 18.8. The van der Waals surface area contributed by atoms with Crippen LogP contribution in [0.5, 0.6) is 0 Å². The predicted octanol–water partition coefficient (Wildman–Crippen LogP) is 1.93. The smallest absolute Gasteiger partial charge is 0.253 e. The highest BCUT2D eigenvalue weighted by Gasteiger charge is 2.29. The third kappa shape index (κ3) is 5.23. The van der Waals surface area contributed by atoms with Crippen LogP contribution in [-0.4, -0.2) is 71.7 Å². The molecule has 9 nitrogen and oxygen atoms in total. The first-order chi connectivity index (χ1) is 15.9. The Kier molecular flexibility index (Phi) is 7.06. The molecule has 10 heteroatoms. The minimum atomic E-state index is -3.48.